The van der Waals surface area contributed by atoms with E-state index < -0.39 is 15.8 Å². The number of pyridine rings is 1. The van der Waals surface area contributed by atoms with Gasteiger partial charge >= 0.3 is 0 Å². The molecule has 3 aromatic rings. The van der Waals surface area contributed by atoms with Crippen LogP contribution in [-0.4, -0.2) is 50.4 Å². The zero-order valence-electron chi connectivity index (χ0n) is 15.8. The topological polar surface area (TPSA) is 93.0 Å². The van der Waals surface area contributed by atoms with Crippen molar-refractivity contribution < 1.29 is 22.3 Å². The molecule has 0 atom stereocenters. The summed E-state index contributed by atoms with van der Waals surface area (Å²) in [6.07, 6.45) is 3.21. The van der Waals surface area contributed by atoms with Crippen LogP contribution in [0.1, 0.15) is 16.8 Å². The molecule has 152 valence electrons. The number of carbonyl (C=O) groups is 1. The molecule has 0 aliphatic carbocycles. The predicted molar refractivity (Wildman–Crippen MR) is 106 cm³/mol. The Morgan fingerprint density at radius 1 is 1.28 bits per heavy atom. The Balaban J connectivity index is 1.99. The summed E-state index contributed by atoms with van der Waals surface area (Å²) < 4.78 is 46.3. The summed E-state index contributed by atoms with van der Waals surface area (Å²) in [6.45, 7) is 0.634. The number of benzene rings is 1. The van der Waals surface area contributed by atoms with Crippen LogP contribution >= 0.6 is 0 Å². The molecule has 4 rings (SSSR count). The number of halogens is 1. The number of anilines is 1. The highest BCUT2D eigenvalue weighted by atomic mass is 32.2. The molecule has 0 fully saturated rings. The molecular formula is C19H19FN4O4S. The van der Waals surface area contributed by atoms with E-state index in [0.29, 0.717) is 46.8 Å². The highest BCUT2D eigenvalue weighted by Crippen LogP contribution is 2.36. The number of amides is 1. The lowest BCUT2D eigenvalue weighted by atomic mass is 10.1. The van der Waals surface area contributed by atoms with Gasteiger partial charge < -0.3 is 10.1 Å². The fraction of sp³-hybridized carbons (Fsp3) is 0.263. The summed E-state index contributed by atoms with van der Waals surface area (Å²) >= 11 is 0. The Bertz CT molecular complexity index is 1210. The molecule has 0 bridgehead atoms. The van der Waals surface area contributed by atoms with Gasteiger partial charge in [0.05, 0.1) is 30.1 Å². The second-order valence-corrected chi connectivity index (χ2v) is 8.61. The average molecular weight is 418 g/mol. The molecule has 0 saturated heterocycles. The van der Waals surface area contributed by atoms with E-state index in [2.05, 4.69) is 10.4 Å². The van der Waals surface area contributed by atoms with Crippen LogP contribution in [0.4, 0.5) is 10.1 Å². The van der Waals surface area contributed by atoms with Crippen LogP contribution in [-0.2, 0) is 10.0 Å². The molecule has 8 nitrogen and oxygen atoms in total. The third-order valence-electron chi connectivity index (χ3n) is 4.72. The molecule has 10 heteroatoms. The summed E-state index contributed by atoms with van der Waals surface area (Å²) in [4.78, 5) is 12.6. The zero-order valence-corrected chi connectivity index (χ0v) is 16.7. The van der Waals surface area contributed by atoms with Crippen LogP contribution in [0.25, 0.3) is 16.8 Å². The van der Waals surface area contributed by atoms with E-state index in [1.54, 1.807) is 6.07 Å². The van der Waals surface area contributed by atoms with Crippen LogP contribution in [0.15, 0.2) is 36.5 Å². The lowest BCUT2D eigenvalue weighted by Gasteiger charge is -2.21. The van der Waals surface area contributed by atoms with E-state index >= 15 is 0 Å². The van der Waals surface area contributed by atoms with Crippen LogP contribution in [0, 0.1) is 5.82 Å². The summed E-state index contributed by atoms with van der Waals surface area (Å²) in [6, 6.07) is 7.26. The Hall–Kier alpha value is -3.14. The van der Waals surface area contributed by atoms with Crippen molar-refractivity contribution in [3.05, 3.63) is 47.9 Å². The van der Waals surface area contributed by atoms with Gasteiger partial charge in [-0.2, -0.15) is 5.10 Å². The predicted octanol–water partition coefficient (Wildman–Crippen LogP) is 2.05. The summed E-state index contributed by atoms with van der Waals surface area (Å²) in [5.74, 6) is -0.410. The third-order valence-corrected chi connectivity index (χ3v) is 5.90. The van der Waals surface area contributed by atoms with Gasteiger partial charge in [-0.25, -0.2) is 17.3 Å². The number of ether oxygens (including phenoxy) is 1. The lowest BCUT2D eigenvalue weighted by Crippen LogP contribution is -2.30. The van der Waals surface area contributed by atoms with E-state index in [1.807, 2.05) is 0 Å². The average Bonchev–Trinajstić information content (AvgIpc) is 2.90. The van der Waals surface area contributed by atoms with Crippen LogP contribution in [0.3, 0.4) is 0 Å². The largest absolute Gasteiger partial charge is 0.491 e. The second-order valence-electron chi connectivity index (χ2n) is 6.70. The first-order chi connectivity index (χ1) is 13.8. The van der Waals surface area contributed by atoms with Crippen LogP contribution in [0.2, 0.25) is 0 Å². The van der Waals surface area contributed by atoms with E-state index in [-0.39, 0.29) is 12.5 Å². The second kappa shape index (κ2) is 7.03. The number of rotatable bonds is 3. The van der Waals surface area contributed by atoms with E-state index in [0.717, 1.165) is 6.26 Å². The lowest BCUT2D eigenvalue weighted by molar-refractivity contribution is 0.0965. The number of aromatic nitrogens is 2. The van der Waals surface area contributed by atoms with E-state index in [1.165, 1.54) is 46.3 Å². The van der Waals surface area contributed by atoms with Crippen molar-refractivity contribution in [2.24, 2.45) is 0 Å². The Labute approximate surface area is 166 Å². The maximum Gasteiger partial charge on any atom is 0.255 e. The molecule has 0 spiro atoms. The number of fused-ring (bicyclic) bond motifs is 2. The molecule has 2 aromatic heterocycles. The molecule has 0 saturated carbocycles. The highest BCUT2D eigenvalue weighted by molar-refractivity contribution is 7.92. The first kappa shape index (κ1) is 19.2. The number of hydrogen-bond donors (Lipinski definition) is 1. The van der Waals surface area contributed by atoms with Gasteiger partial charge in [0.15, 0.2) is 0 Å². The molecule has 1 aromatic carbocycles. The molecule has 0 unspecified atom stereocenters. The zero-order chi connectivity index (χ0) is 20.8. The minimum absolute atomic E-state index is 0.283. The fourth-order valence-electron chi connectivity index (χ4n) is 3.38. The summed E-state index contributed by atoms with van der Waals surface area (Å²) in [5.41, 5.74) is 2.02. The maximum absolute atomic E-state index is 13.3. The van der Waals surface area contributed by atoms with Crippen molar-refractivity contribution in [3.63, 3.8) is 0 Å². The number of carbonyl (C=O) groups excluding carboxylic acids is 1. The smallest absolute Gasteiger partial charge is 0.255 e. The van der Waals surface area contributed by atoms with Gasteiger partial charge in [0.2, 0.25) is 10.0 Å². The Morgan fingerprint density at radius 3 is 2.66 bits per heavy atom. The molecule has 29 heavy (non-hydrogen) atoms. The van der Waals surface area contributed by atoms with Gasteiger partial charge in [0.1, 0.15) is 22.9 Å². The molecular weight excluding hydrogens is 399 g/mol. The van der Waals surface area contributed by atoms with E-state index in [4.69, 9.17) is 4.74 Å². The van der Waals surface area contributed by atoms with Gasteiger partial charge in [-0.05, 0) is 24.3 Å². The SMILES string of the molecule is CNC(=O)c1c(-c2ccc(F)cc2)nn2cc3c(cc12)OCCCN3S(C)(=O)=O. The van der Waals surface area contributed by atoms with E-state index in [9.17, 15) is 17.6 Å². The van der Waals surface area contributed by atoms with Crippen molar-refractivity contribution in [2.45, 2.75) is 6.42 Å². The van der Waals surface area contributed by atoms with Gasteiger partial charge in [0, 0.05) is 31.6 Å². The quantitative estimate of drug-likeness (QED) is 0.703. The van der Waals surface area contributed by atoms with Gasteiger partial charge in [-0.3, -0.25) is 9.10 Å². The first-order valence-electron chi connectivity index (χ1n) is 8.94. The number of nitrogens with one attached hydrogen (secondary N) is 1. The van der Waals surface area contributed by atoms with Crippen molar-refractivity contribution >= 4 is 27.1 Å². The van der Waals surface area contributed by atoms with Gasteiger partial charge in [0.25, 0.3) is 5.91 Å². The van der Waals surface area contributed by atoms with Crippen molar-refractivity contribution in [1.82, 2.24) is 14.9 Å². The standard InChI is InChI=1S/C19H19FN4O4S/c1-21-19(25)17-14-10-16-15(24(29(2,26)27)8-3-9-28-16)11-23(14)22-18(17)12-4-6-13(20)7-5-12/h4-7,10-11H,3,8-9H2,1-2H3,(H,21,25). The van der Waals surface area contributed by atoms with Gasteiger partial charge in [-0.15, -0.1) is 0 Å². The molecule has 1 amide bonds. The summed E-state index contributed by atoms with van der Waals surface area (Å²) in [5, 5.41) is 7.09. The fourth-order valence-corrected chi connectivity index (χ4v) is 4.33. The third kappa shape index (κ3) is 3.39. The van der Waals surface area contributed by atoms with Crippen molar-refractivity contribution in [2.75, 3.05) is 30.8 Å². The molecule has 3 heterocycles. The van der Waals surface area contributed by atoms with Crippen LogP contribution < -0.4 is 14.4 Å². The highest BCUT2D eigenvalue weighted by Gasteiger charge is 2.27. The van der Waals surface area contributed by atoms with Crippen molar-refractivity contribution in [3.8, 4) is 17.0 Å². The Kier molecular flexibility index (Phi) is 4.65. The van der Waals surface area contributed by atoms with Gasteiger partial charge in [-0.1, -0.05) is 0 Å². The normalized spacial score (nSPS) is 14.2. The number of hydrogen-bond acceptors (Lipinski definition) is 5. The Morgan fingerprint density at radius 2 is 2.00 bits per heavy atom. The summed E-state index contributed by atoms with van der Waals surface area (Å²) in [7, 11) is -2.02. The van der Waals surface area contributed by atoms with Crippen molar-refractivity contribution in [1.29, 1.82) is 0 Å². The number of nitrogens with zero attached hydrogens (tertiary/aromatic N) is 3. The molecule has 1 aliphatic heterocycles. The monoisotopic (exact) mass is 418 g/mol. The first-order valence-corrected chi connectivity index (χ1v) is 10.8. The molecule has 1 N–H and O–H groups in total. The minimum atomic E-state index is -3.52. The minimum Gasteiger partial charge on any atom is -0.491 e. The van der Waals surface area contributed by atoms with Crippen LogP contribution in [0.5, 0.6) is 5.75 Å². The number of sulfonamides is 1. The molecule has 1 aliphatic rings. The molecule has 0 radical (unpaired) electrons. The maximum atomic E-state index is 13.3.